The number of nitrogen functional groups attached to an aromatic ring is 1. The summed E-state index contributed by atoms with van der Waals surface area (Å²) in [6, 6.07) is 6.70. The Hall–Kier alpha value is -1.12. The maximum Gasteiger partial charge on any atom is 0.218 e. The first-order chi connectivity index (χ1) is 9.28. The number of rotatable bonds is 3. The Morgan fingerprint density at radius 2 is 1.95 bits per heavy atom. The highest BCUT2D eigenvalue weighted by Crippen LogP contribution is 2.16. The number of hydrogen-bond donors (Lipinski definition) is 1. The molecule has 0 aromatic heterocycles. The van der Waals surface area contributed by atoms with Crippen molar-refractivity contribution in [3.8, 4) is 0 Å². The van der Waals surface area contributed by atoms with Crippen molar-refractivity contribution < 1.29 is 16.8 Å². The molecule has 2 rings (SSSR count). The van der Waals surface area contributed by atoms with Crippen LogP contribution in [0.15, 0.2) is 24.3 Å². The Labute approximate surface area is 119 Å². The molecule has 0 radical (unpaired) electrons. The second kappa shape index (κ2) is 5.71. The van der Waals surface area contributed by atoms with E-state index in [1.807, 2.05) is 0 Å². The van der Waals surface area contributed by atoms with Crippen LogP contribution >= 0.6 is 0 Å². The third-order valence-electron chi connectivity index (χ3n) is 3.21. The van der Waals surface area contributed by atoms with Crippen LogP contribution in [0.3, 0.4) is 0 Å². The largest absolute Gasteiger partial charge is 0.399 e. The summed E-state index contributed by atoms with van der Waals surface area (Å²) in [4.78, 5) is 0. The van der Waals surface area contributed by atoms with Gasteiger partial charge >= 0.3 is 0 Å². The minimum Gasteiger partial charge on any atom is -0.399 e. The molecule has 2 N–H and O–H groups in total. The van der Waals surface area contributed by atoms with Crippen LogP contribution < -0.4 is 5.73 Å². The van der Waals surface area contributed by atoms with Gasteiger partial charge in [0.2, 0.25) is 10.0 Å². The highest BCUT2D eigenvalue weighted by molar-refractivity contribution is 7.91. The Kier molecular flexibility index (Phi) is 4.36. The molecule has 1 aromatic carbocycles. The Morgan fingerprint density at radius 3 is 2.65 bits per heavy atom. The molecule has 0 unspecified atom stereocenters. The topological polar surface area (TPSA) is 97.5 Å². The van der Waals surface area contributed by atoms with Gasteiger partial charge < -0.3 is 5.73 Å². The highest BCUT2D eigenvalue weighted by atomic mass is 32.2. The van der Waals surface area contributed by atoms with Crippen molar-refractivity contribution in [2.75, 3.05) is 30.3 Å². The van der Waals surface area contributed by atoms with Crippen LogP contribution in [0.25, 0.3) is 0 Å². The number of sulfone groups is 1. The van der Waals surface area contributed by atoms with Crippen LogP contribution in [0.1, 0.15) is 12.0 Å². The maximum absolute atomic E-state index is 12.3. The maximum atomic E-state index is 12.3. The van der Waals surface area contributed by atoms with Gasteiger partial charge in [-0.1, -0.05) is 12.1 Å². The Balaban J connectivity index is 2.14. The molecule has 6 nitrogen and oxygen atoms in total. The van der Waals surface area contributed by atoms with E-state index in [4.69, 9.17) is 5.73 Å². The van der Waals surface area contributed by atoms with Crippen molar-refractivity contribution in [1.29, 1.82) is 0 Å². The number of nitrogens with zero attached hydrogens (tertiary/aromatic N) is 1. The standard InChI is InChI=1S/C12H18N2O4S2/c13-12-4-1-3-11(9-12)10-20(17,18)14-5-2-7-19(15,16)8-6-14/h1,3-4,9H,2,5-8,10,13H2. The molecule has 1 heterocycles. The van der Waals surface area contributed by atoms with E-state index in [2.05, 4.69) is 0 Å². The lowest BCUT2D eigenvalue weighted by molar-refractivity contribution is 0.434. The van der Waals surface area contributed by atoms with E-state index in [0.717, 1.165) is 0 Å². The molecule has 20 heavy (non-hydrogen) atoms. The number of anilines is 1. The molecule has 0 atom stereocenters. The predicted octanol–water partition coefficient (Wildman–Crippen LogP) is 0.219. The molecule has 0 saturated carbocycles. The quantitative estimate of drug-likeness (QED) is 0.804. The van der Waals surface area contributed by atoms with E-state index < -0.39 is 19.9 Å². The van der Waals surface area contributed by atoms with Crippen molar-refractivity contribution in [2.45, 2.75) is 12.2 Å². The average Bonchev–Trinajstić information content (AvgIpc) is 2.50. The average molecular weight is 318 g/mol. The zero-order valence-corrected chi connectivity index (χ0v) is 12.7. The second-order valence-corrected chi connectivity index (χ2v) is 9.18. The number of hydrogen-bond acceptors (Lipinski definition) is 5. The summed E-state index contributed by atoms with van der Waals surface area (Å²) in [6.45, 7) is 0.289. The molecule has 112 valence electrons. The van der Waals surface area contributed by atoms with E-state index in [9.17, 15) is 16.8 Å². The zero-order chi connectivity index (χ0) is 14.8. The second-order valence-electron chi connectivity index (χ2n) is 4.91. The van der Waals surface area contributed by atoms with Gasteiger partial charge in [0.25, 0.3) is 0 Å². The van der Waals surface area contributed by atoms with Crippen LogP contribution in [0.5, 0.6) is 0 Å². The summed E-state index contributed by atoms with van der Waals surface area (Å²) in [5.74, 6) is -0.210. The third kappa shape index (κ3) is 3.94. The molecule has 1 aromatic rings. The van der Waals surface area contributed by atoms with E-state index in [-0.39, 0.29) is 30.3 Å². The van der Waals surface area contributed by atoms with Gasteiger partial charge in [0.1, 0.15) is 0 Å². The molecular formula is C12H18N2O4S2. The van der Waals surface area contributed by atoms with Gasteiger partial charge in [-0.15, -0.1) is 0 Å². The summed E-state index contributed by atoms with van der Waals surface area (Å²) in [6.07, 6.45) is 0.346. The summed E-state index contributed by atoms with van der Waals surface area (Å²) in [5.41, 5.74) is 6.75. The zero-order valence-electron chi connectivity index (χ0n) is 11.0. The van der Waals surface area contributed by atoms with E-state index in [0.29, 0.717) is 17.7 Å². The van der Waals surface area contributed by atoms with Gasteiger partial charge in [-0.05, 0) is 24.1 Å². The summed E-state index contributed by atoms with van der Waals surface area (Å²) < 4.78 is 48.9. The fourth-order valence-corrected chi connectivity index (χ4v) is 5.13. The molecule has 0 spiro atoms. The number of benzene rings is 1. The van der Waals surface area contributed by atoms with Crippen molar-refractivity contribution in [3.63, 3.8) is 0 Å². The molecule has 1 aliphatic heterocycles. The van der Waals surface area contributed by atoms with E-state index >= 15 is 0 Å². The van der Waals surface area contributed by atoms with Crippen LogP contribution in [-0.2, 0) is 25.6 Å². The molecule has 1 saturated heterocycles. The van der Waals surface area contributed by atoms with Crippen molar-refractivity contribution in [1.82, 2.24) is 4.31 Å². The van der Waals surface area contributed by atoms with Crippen LogP contribution in [0.4, 0.5) is 5.69 Å². The van der Waals surface area contributed by atoms with E-state index in [1.54, 1.807) is 24.3 Å². The molecule has 1 fully saturated rings. The van der Waals surface area contributed by atoms with Gasteiger partial charge in [-0.25, -0.2) is 21.1 Å². The first kappa shape index (κ1) is 15.3. The monoisotopic (exact) mass is 318 g/mol. The number of sulfonamides is 1. The number of nitrogens with two attached hydrogens (primary N) is 1. The fourth-order valence-electron chi connectivity index (χ4n) is 2.18. The molecule has 0 amide bonds. The Morgan fingerprint density at radius 1 is 1.20 bits per heavy atom. The summed E-state index contributed by atoms with van der Waals surface area (Å²) >= 11 is 0. The normalized spacial score (nSPS) is 20.4. The van der Waals surface area contributed by atoms with Crippen molar-refractivity contribution in [3.05, 3.63) is 29.8 Å². The van der Waals surface area contributed by atoms with Crippen molar-refractivity contribution in [2.24, 2.45) is 0 Å². The lowest BCUT2D eigenvalue weighted by Gasteiger charge is -2.19. The third-order valence-corrected chi connectivity index (χ3v) is 6.77. The van der Waals surface area contributed by atoms with Gasteiger partial charge in [0, 0.05) is 18.8 Å². The highest BCUT2D eigenvalue weighted by Gasteiger charge is 2.27. The Bertz CT molecular complexity index is 683. The smallest absolute Gasteiger partial charge is 0.218 e. The molecule has 0 bridgehead atoms. The van der Waals surface area contributed by atoms with Gasteiger partial charge in [-0.2, -0.15) is 0 Å². The lowest BCUT2D eigenvalue weighted by Crippen LogP contribution is -2.34. The van der Waals surface area contributed by atoms with Crippen LogP contribution in [0, 0.1) is 0 Å². The molecule has 1 aliphatic rings. The van der Waals surface area contributed by atoms with Gasteiger partial charge in [0.15, 0.2) is 9.84 Å². The summed E-state index contributed by atoms with van der Waals surface area (Å²) in [7, 11) is -6.63. The molecule has 8 heteroatoms. The van der Waals surface area contributed by atoms with E-state index in [1.165, 1.54) is 4.31 Å². The minimum atomic E-state index is -3.51. The minimum absolute atomic E-state index is 0.0347. The van der Waals surface area contributed by atoms with Crippen molar-refractivity contribution >= 4 is 25.5 Å². The van der Waals surface area contributed by atoms with Crippen LogP contribution in [-0.4, -0.2) is 45.7 Å². The summed E-state index contributed by atoms with van der Waals surface area (Å²) in [5, 5.41) is 0. The predicted molar refractivity (Wildman–Crippen MR) is 78.3 cm³/mol. The fraction of sp³-hybridized carbons (Fsp3) is 0.500. The molecule has 0 aliphatic carbocycles. The molecular weight excluding hydrogens is 300 g/mol. The SMILES string of the molecule is Nc1cccc(CS(=O)(=O)N2CCCS(=O)(=O)CC2)c1. The van der Waals surface area contributed by atoms with Gasteiger partial charge in [-0.3, -0.25) is 0 Å². The van der Waals surface area contributed by atoms with Crippen LogP contribution in [0.2, 0.25) is 0 Å². The lowest BCUT2D eigenvalue weighted by atomic mass is 10.2. The van der Waals surface area contributed by atoms with Gasteiger partial charge in [0.05, 0.1) is 17.3 Å². The first-order valence-corrected chi connectivity index (χ1v) is 9.74. The first-order valence-electron chi connectivity index (χ1n) is 6.31.